The number of fused-ring (bicyclic) bond motifs is 1. The molecule has 0 aliphatic heterocycles. The molecule has 3 aromatic rings. The number of aliphatic hydroxyl groups excluding tert-OH is 1. The van der Waals surface area contributed by atoms with Crippen molar-refractivity contribution in [2.75, 3.05) is 0 Å². The summed E-state index contributed by atoms with van der Waals surface area (Å²) in [5.74, 6) is 0.0798. The highest BCUT2D eigenvalue weighted by atomic mass is 35.5. The van der Waals surface area contributed by atoms with Crippen molar-refractivity contribution in [3.05, 3.63) is 59.4 Å². The van der Waals surface area contributed by atoms with Gasteiger partial charge in [0.1, 0.15) is 16.9 Å². The van der Waals surface area contributed by atoms with Gasteiger partial charge in [0.15, 0.2) is 0 Å². The van der Waals surface area contributed by atoms with E-state index in [0.717, 1.165) is 16.9 Å². The van der Waals surface area contributed by atoms with E-state index in [2.05, 4.69) is 4.98 Å². The summed E-state index contributed by atoms with van der Waals surface area (Å²) in [7, 11) is 0. The van der Waals surface area contributed by atoms with Crippen LogP contribution in [-0.2, 0) is 0 Å². The van der Waals surface area contributed by atoms with E-state index in [9.17, 15) is 5.11 Å². The van der Waals surface area contributed by atoms with Crippen LogP contribution < -0.4 is 0 Å². The van der Waals surface area contributed by atoms with E-state index in [1.165, 1.54) is 0 Å². The Morgan fingerprint density at radius 3 is 2.43 bits per heavy atom. The summed E-state index contributed by atoms with van der Waals surface area (Å²) in [6, 6.07) is 15.5. The third-order valence-electron chi connectivity index (χ3n) is 3.58. The molecule has 0 saturated heterocycles. The maximum Gasteiger partial charge on any atom is 0.138 e. The Morgan fingerprint density at radius 2 is 1.76 bits per heavy atom. The predicted octanol–water partition coefficient (Wildman–Crippen LogP) is 4.34. The summed E-state index contributed by atoms with van der Waals surface area (Å²) in [4.78, 5) is 4.60. The van der Waals surface area contributed by atoms with Crippen LogP contribution in [0.1, 0.15) is 25.6 Å². The van der Waals surface area contributed by atoms with Gasteiger partial charge >= 0.3 is 0 Å². The summed E-state index contributed by atoms with van der Waals surface area (Å²) in [5, 5.41) is 11.1. The zero-order chi connectivity index (χ0) is 15.0. The van der Waals surface area contributed by atoms with Gasteiger partial charge in [-0.05, 0) is 18.1 Å². The second-order valence-corrected chi connectivity index (χ2v) is 5.83. The molecule has 3 rings (SSSR count). The Labute approximate surface area is 128 Å². The standard InChI is InChI=1S/C17H17ClN2O/c1-11(2)17(21)15-16(12-7-4-3-5-8-12)20-13(18)9-6-10-14(20)19-15/h3-11,17,21H,1-2H3. The summed E-state index contributed by atoms with van der Waals surface area (Å²) in [6.45, 7) is 3.95. The first-order valence-corrected chi connectivity index (χ1v) is 7.37. The molecule has 2 aromatic heterocycles. The van der Waals surface area contributed by atoms with E-state index < -0.39 is 6.10 Å². The third kappa shape index (κ3) is 2.43. The maximum atomic E-state index is 10.5. The van der Waals surface area contributed by atoms with Gasteiger partial charge in [-0.15, -0.1) is 0 Å². The highest BCUT2D eigenvalue weighted by Gasteiger charge is 2.23. The molecule has 4 heteroatoms. The fraction of sp³-hybridized carbons (Fsp3) is 0.235. The van der Waals surface area contributed by atoms with Crippen molar-refractivity contribution in [2.45, 2.75) is 20.0 Å². The summed E-state index contributed by atoms with van der Waals surface area (Å²) >= 11 is 6.35. The maximum absolute atomic E-state index is 10.5. The molecule has 0 radical (unpaired) electrons. The highest BCUT2D eigenvalue weighted by Crippen LogP contribution is 2.34. The van der Waals surface area contributed by atoms with Crippen LogP contribution in [0.3, 0.4) is 0 Å². The van der Waals surface area contributed by atoms with Crippen LogP contribution >= 0.6 is 11.6 Å². The van der Waals surface area contributed by atoms with Crippen LogP contribution in [0.4, 0.5) is 0 Å². The first kappa shape index (κ1) is 14.1. The molecule has 1 N–H and O–H groups in total. The summed E-state index contributed by atoms with van der Waals surface area (Å²) in [5.41, 5.74) is 3.27. The number of imidazole rings is 1. The topological polar surface area (TPSA) is 37.5 Å². The quantitative estimate of drug-likeness (QED) is 0.730. The zero-order valence-corrected chi connectivity index (χ0v) is 12.7. The fourth-order valence-corrected chi connectivity index (χ4v) is 2.71. The van der Waals surface area contributed by atoms with Crippen molar-refractivity contribution in [2.24, 2.45) is 5.92 Å². The molecular formula is C17H17ClN2O. The molecule has 0 aliphatic carbocycles. The van der Waals surface area contributed by atoms with Crippen molar-refractivity contribution >= 4 is 17.2 Å². The van der Waals surface area contributed by atoms with Gasteiger partial charge in [0, 0.05) is 5.56 Å². The SMILES string of the molecule is CC(C)C(O)c1nc2cccc(Cl)n2c1-c1ccccc1. The Balaban J connectivity index is 2.35. The lowest BCUT2D eigenvalue weighted by molar-refractivity contribution is 0.123. The van der Waals surface area contributed by atoms with Crippen LogP contribution in [0.2, 0.25) is 5.15 Å². The molecule has 108 valence electrons. The Bertz CT molecular complexity index is 765. The minimum absolute atomic E-state index is 0.0798. The number of benzene rings is 1. The fourth-order valence-electron chi connectivity index (χ4n) is 2.47. The number of pyridine rings is 1. The minimum Gasteiger partial charge on any atom is -0.386 e. The zero-order valence-electron chi connectivity index (χ0n) is 12.0. The molecule has 1 atom stereocenters. The van der Waals surface area contributed by atoms with E-state index in [-0.39, 0.29) is 5.92 Å². The van der Waals surface area contributed by atoms with Gasteiger partial charge in [-0.1, -0.05) is 61.8 Å². The van der Waals surface area contributed by atoms with E-state index in [4.69, 9.17) is 11.6 Å². The van der Waals surface area contributed by atoms with E-state index >= 15 is 0 Å². The van der Waals surface area contributed by atoms with Gasteiger partial charge in [-0.25, -0.2) is 4.98 Å². The Kier molecular flexibility index (Phi) is 3.70. The van der Waals surface area contributed by atoms with Gasteiger partial charge in [-0.2, -0.15) is 0 Å². The second-order valence-electron chi connectivity index (χ2n) is 5.44. The van der Waals surface area contributed by atoms with Crippen molar-refractivity contribution in [3.63, 3.8) is 0 Å². The lowest BCUT2D eigenvalue weighted by atomic mass is 10.00. The van der Waals surface area contributed by atoms with Gasteiger partial charge < -0.3 is 5.11 Å². The lowest BCUT2D eigenvalue weighted by Crippen LogP contribution is -2.07. The van der Waals surface area contributed by atoms with Crippen LogP contribution in [0.5, 0.6) is 0 Å². The monoisotopic (exact) mass is 300 g/mol. The number of aromatic nitrogens is 2. The minimum atomic E-state index is -0.629. The number of halogens is 1. The molecule has 0 spiro atoms. The number of hydrogen-bond donors (Lipinski definition) is 1. The van der Waals surface area contributed by atoms with Gasteiger partial charge in [0.25, 0.3) is 0 Å². The van der Waals surface area contributed by atoms with Crippen molar-refractivity contribution in [1.29, 1.82) is 0 Å². The van der Waals surface area contributed by atoms with E-state index in [1.807, 2.05) is 66.8 Å². The number of hydrogen-bond acceptors (Lipinski definition) is 2. The molecule has 0 saturated carbocycles. The number of nitrogens with zero attached hydrogens (tertiary/aromatic N) is 2. The molecule has 0 amide bonds. The first-order chi connectivity index (χ1) is 10.1. The summed E-state index contributed by atoms with van der Waals surface area (Å²) < 4.78 is 1.89. The second kappa shape index (κ2) is 5.51. The Morgan fingerprint density at radius 1 is 1.05 bits per heavy atom. The van der Waals surface area contributed by atoms with Crippen LogP contribution in [0, 0.1) is 5.92 Å². The number of aliphatic hydroxyl groups is 1. The smallest absolute Gasteiger partial charge is 0.138 e. The van der Waals surface area contributed by atoms with Gasteiger partial charge in [-0.3, -0.25) is 4.40 Å². The average molecular weight is 301 g/mol. The molecule has 0 aliphatic rings. The van der Waals surface area contributed by atoms with E-state index in [0.29, 0.717) is 10.8 Å². The number of rotatable bonds is 3. The van der Waals surface area contributed by atoms with Crippen molar-refractivity contribution < 1.29 is 5.11 Å². The molecular weight excluding hydrogens is 284 g/mol. The lowest BCUT2D eigenvalue weighted by Gasteiger charge is -2.14. The van der Waals surface area contributed by atoms with Crippen LogP contribution in [-0.4, -0.2) is 14.5 Å². The van der Waals surface area contributed by atoms with Gasteiger partial charge in [0.05, 0.1) is 11.4 Å². The molecule has 0 bridgehead atoms. The first-order valence-electron chi connectivity index (χ1n) is 7.00. The summed E-state index contributed by atoms with van der Waals surface area (Å²) in [6.07, 6.45) is -0.629. The normalized spacial score (nSPS) is 13.0. The Hall–Kier alpha value is -1.84. The molecule has 1 unspecified atom stereocenters. The largest absolute Gasteiger partial charge is 0.386 e. The van der Waals surface area contributed by atoms with Crippen LogP contribution in [0.15, 0.2) is 48.5 Å². The third-order valence-corrected chi connectivity index (χ3v) is 3.88. The molecule has 0 fully saturated rings. The molecule has 2 heterocycles. The predicted molar refractivity (Wildman–Crippen MR) is 85.4 cm³/mol. The molecule has 1 aromatic carbocycles. The van der Waals surface area contributed by atoms with Crippen molar-refractivity contribution in [3.8, 4) is 11.3 Å². The molecule has 21 heavy (non-hydrogen) atoms. The highest BCUT2D eigenvalue weighted by molar-refractivity contribution is 6.30. The van der Waals surface area contributed by atoms with E-state index in [1.54, 1.807) is 0 Å². The van der Waals surface area contributed by atoms with Crippen molar-refractivity contribution in [1.82, 2.24) is 9.38 Å². The average Bonchev–Trinajstić information content (AvgIpc) is 2.88. The van der Waals surface area contributed by atoms with Crippen LogP contribution in [0.25, 0.3) is 16.9 Å². The molecule has 3 nitrogen and oxygen atoms in total. The van der Waals surface area contributed by atoms with Gasteiger partial charge in [0.2, 0.25) is 0 Å².